The first-order chi connectivity index (χ1) is 24.6. The molecule has 0 unspecified atom stereocenters. The predicted molar refractivity (Wildman–Crippen MR) is 212 cm³/mol. The Hall–Kier alpha value is -6.18. The van der Waals surface area contributed by atoms with Gasteiger partial charge in [-0.25, -0.2) is 0 Å². The zero-order valence-electron chi connectivity index (χ0n) is 27.9. The molecule has 0 atom stereocenters. The molecule has 0 bridgehead atoms. The lowest BCUT2D eigenvalue weighted by Crippen LogP contribution is -2.14. The van der Waals surface area contributed by atoms with Crippen LogP contribution in [0.25, 0.3) is 98.4 Å². The van der Waals surface area contributed by atoms with Crippen LogP contribution in [0.3, 0.4) is 0 Å². The molecule has 0 fully saturated rings. The number of benzene rings is 9. The highest BCUT2D eigenvalue weighted by Crippen LogP contribution is 2.53. The molecule has 0 saturated heterocycles. The normalized spacial score (nSPS) is 13.6. The van der Waals surface area contributed by atoms with Gasteiger partial charge in [-0.1, -0.05) is 141 Å². The van der Waals surface area contributed by atoms with E-state index in [-0.39, 0.29) is 5.41 Å². The second-order valence-corrected chi connectivity index (χ2v) is 14.4. The van der Waals surface area contributed by atoms with E-state index in [4.69, 9.17) is 4.42 Å². The highest BCUT2D eigenvalue weighted by atomic mass is 16.3. The fraction of sp³-hybridized carbons (Fsp3) is 0.0612. The summed E-state index contributed by atoms with van der Waals surface area (Å²) in [6.07, 6.45) is 0. The predicted octanol–water partition coefficient (Wildman–Crippen LogP) is 13.8. The van der Waals surface area contributed by atoms with Crippen LogP contribution in [-0.4, -0.2) is 0 Å². The second-order valence-electron chi connectivity index (χ2n) is 14.4. The van der Waals surface area contributed by atoms with Gasteiger partial charge in [0.1, 0.15) is 11.2 Å². The Morgan fingerprint density at radius 3 is 1.76 bits per heavy atom. The fourth-order valence-corrected chi connectivity index (χ4v) is 9.08. The van der Waals surface area contributed by atoms with Gasteiger partial charge in [-0.2, -0.15) is 0 Å². The maximum atomic E-state index is 6.49. The summed E-state index contributed by atoms with van der Waals surface area (Å²) < 4.78 is 6.49. The van der Waals surface area contributed by atoms with Crippen LogP contribution in [0.15, 0.2) is 162 Å². The summed E-state index contributed by atoms with van der Waals surface area (Å²) >= 11 is 0. The van der Waals surface area contributed by atoms with E-state index in [0.29, 0.717) is 0 Å². The fourth-order valence-electron chi connectivity index (χ4n) is 9.08. The number of hydrogen-bond donors (Lipinski definition) is 0. The van der Waals surface area contributed by atoms with Crippen molar-refractivity contribution >= 4 is 65.0 Å². The van der Waals surface area contributed by atoms with Gasteiger partial charge in [0.15, 0.2) is 0 Å². The quantitative estimate of drug-likeness (QED) is 0.172. The largest absolute Gasteiger partial charge is 0.455 e. The Morgan fingerprint density at radius 2 is 1.00 bits per heavy atom. The van der Waals surface area contributed by atoms with Gasteiger partial charge < -0.3 is 4.42 Å². The molecule has 1 heteroatoms. The highest BCUT2D eigenvalue weighted by Gasteiger charge is 2.36. The van der Waals surface area contributed by atoms with Crippen molar-refractivity contribution in [3.05, 3.63) is 169 Å². The summed E-state index contributed by atoms with van der Waals surface area (Å²) in [6.45, 7) is 4.73. The Kier molecular flexibility index (Phi) is 5.51. The molecule has 11 rings (SSSR count). The van der Waals surface area contributed by atoms with Crippen molar-refractivity contribution in [2.45, 2.75) is 19.3 Å². The third kappa shape index (κ3) is 3.67. The molecular formula is C49H32O. The summed E-state index contributed by atoms with van der Waals surface area (Å²) in [5, 5.41) is 12.4. The van der Waals surface area contributed by atoms with Crippen molar-refractivity contribution < 1.29 is 4.42 Å². The van der Waals surface area contributed by atoms with Crippen LogP contribution < -0.4 is 0 Å². The van der Waals surface area contributed by atoms with Crippen LogP contribution in [-0.2, 0) is 5.41 Å². The van der Waals surface area contributed by atoms with E-state index in [1.807, 2.05) is 6.07 Å². The first kappa shape index (κ1) is 27.7. The van der Waals surface area contributed by atoms with Crippen LogP contribution in [0, 0.1) is 0 Å². The third-order valence-corrected chi connectivity index (χ3v) is 11.4. The van der Waals surface area contributed by atoms with E-state index in [1.165, 1.54) is 98.4 Å². The average Bonchev–Trinajstić information content (AvgIpc) is 3.64. The van der Waals surface area contributed by atoms with E-state index in [2.05, 4.69) is 166 Å². The highest BCUT2D eigenvalue weighted by molar-refractivity contribution is 6.24. The molecule has 0 radical (unpaired) electrons. The molecule has 1 heterocycles. The van der Waals surface area contributed by atoms with Gasteiger partial charge >= 0.3 is 0 Å². The summed E-state index contributed by atoms with van der Waals surface area (Å²) in [4.78, 5) is 0. The molecule has 1 aliphatic rings. The summed E-state index contributed by atoms with van der Waals surface area (Å²) in [7, 11) is 0. The lowest BCUT2D eigenvalue weighted by molar-refractivity contribution is 0.660. The first-order valence-corrected chi connectivity index (χ1v) is 17.5. The molecule has 0 aliphatic heterocycles. The van der Waals surface area contributed by atoms with Gasteiger partial charge in [0, 0.05) is 21.6 Å². The van der Waals surface area contributed by atoms with Gasteiger partial charge in [-0.3, -0.25) is 0 Å². The summed E-state index contributed by atoms with van der Waals surface area (Å²) in [5.74, 6) is 0. The van der Waals surface area contributed by atoms with Crippen molar-refractivity contribution in [2.24, 2.45) is 0 Å². The third-order valence-electron chi connectivity index (χ3n) is 11.4. The molecule has 50 heavy (non-hydrogen) atoms. The number of fused-ring (bicyclic) bond motifs is 11. The van der Waals surface area contributed by atoms with Crippen LogP contribution in [0.2, 0.25) is 0 Å². The molecule has 1 nitrogen and oxygen atoms in total. The molecule has 0 spiro atoms. The minimum atomic E-state index is -0.145. The monoisotopic (exact) mass is 636 g/mol. The molecule has 0 N–H and O–H groups in total. The molecule has 10 aromatic rings. The standard InChI is InChI=1S/C49H32O/c1-49(2)43-25-23-31(27-41(43)42-26-30-22-24-39-33-15-9-10-21-45(33)50-48(39)40(30)28-44(42)49)46-35-16-5-7-18-37(35)47(38-19-8-6-17-36(38)46)34-20-11-13-29-12-3-4-14-32(29)34/h3-28H,1-2H3. The SMILES string of the molecule is CC1(C)c2ccc(-c3c4ccccc4c(-c4cccc5ccccc45)c4ccccc34)cc2-c2cc3ccc4c5ccccc5oc4c3cc21. The van der Waals surface area contributed by atoms with Crippen molar-refractivity contribution in [1.82, 2.24) is 0 Å². The van der Waals surface area contributed by atoms with Gasteiger partial charge in [-0.15, -0.1) is 0 Å². The van der Waals surface area contributed by atoms with Crippen molar-refractivity contribution in [3.8, 4) is 33.4 Å². The van der Waals surface area contributed by atoms with E-state index in [9.17, 15) is 0 Å². The topological polar surface area (TPSA) is 13.1 Å². The molecule has 1 aromatic heterocycles. The maximum Gasteiger partial charge on any atom is 0.143 e. The van der Waals surface area contributed by atoms with Crippen LogP contribution in [0.1, 0.15) is 25.0 Å². The number of para-hydroxylation sites is 1. The Morgan fingerprint density at radius 1 is 0.380 bits per heavy atom. The van der Waals surface area contributed by atoms with Gasteiger partial charge in [-0.05, 0) is 113 Å². The molecule has 0 saturated carbocycles. The van der Waals surface area contributed by atoms with Crippen LogP contribution in [0.5, 0.6) is 0 Å². The Labute approximate surface area is 290 Å². The Bertz CT molecular complexity index is 3000. The van der Waals surface area contributed by atoms with E-state index >= 15 is 0 Å². The van der Waals surface area contributed by atoms with Crippen LogP contribution >= 0.6 is 0 Å². The van der Waals surface area contributed by atoms with Gasteiger partial charge in [0.2, 0.25) is 0 Å². The lowest BCUT2D eigenvalue weighted by atomic mass is 9.81. The molecule has 9 aromatic carbocycles. The smallest absolute Gasteiger partial charge is 0.143 e. The summed E-state index contributed by atoms with van der Waals surface area (Å²) in [6, 6.07) is 58.2. The molecule has 0 amide bonds. The molecule has 1 aliphatic carbocycles. The molecule has 234 valence electrons. The van der Waals surface area contributed by atoms with Crippen molar-refractivity contribution in [2.75, 3.05) is 0 Å². The zero-order chi connectivity index (χ0) is 33.1. The second kappa shape index (κ2) is 9.94. The molecular weight excluding hydrogens is 605 g/mol. The first-order valence-electron chi connectivity index (χ1n) is 17.5. The Balaban J connectivity index is 1.17. The maximum absolute atomic E-state index is 6.49. The zero-order valence-corrected chi connectivity index (χ0v) is 27.9. The number of hydrogen-bond acceptors (Lipinski definition) is 1. The van der Waals surface area contributed by atoms with Crippen molar-refractivity contribution in [1.29, 1.82) is 0 Å². The minimum absolute atomic E-state index is 0.145. The van der Waals surface area contributed by atoms with E-state index in [1.54, 1.807) is 0 Å². The van der Waals surface area contributed by atoms with Crippen LogP contribution in [0.4, 0.5) is 0 Å². The van der Waals surface area contributed by atoms with E-state index in [0.717, 1.165) is 11.2 Å². The minimum Gasteiger partial charge on any atom is -0.455 e. The van der Waals surface area contributed by atoms with Crippen molar-refractivity contribution in [3.63, 3.8) is 0 Å². The van der Waals surface area contributed by atoms with Gasteiger partial charge in [0.25, 0.3) is 0 Å². The van der Waals surface area contributed by atoms with E-state index < -0.39 is 0 Å². The number of furan rings is 1. The lowest BCUT2D eigenvalue weighted by Gasteiger charge is -2.22. The van der Waals surface area contributed by atoms with Gasteiger partial charge in [0.05, 0.1) is 0 Å². The summed E-state index contributed by atoms with van der Waals surface area (Å²) in [5.41, 5.74) is 12.2. The average molecular weight is 637 g/mol. The number of rotatable bonds is 2.